The van der Waals surface area contributed by atoms with Gasteiger partial charge in [-0.3, -0.25) is 14.4 Å². The normalized spacial score (nSPS) is 10.4. The Morgan fingerprint density at radius 1 is 0.882 bits per heavy atom. The molecule has 0 spiro atoms. The highest BCUT2D eigenvalue weighted by Gasteiger charge is 2.12. The Kier molecular flexibility index (Phi) is 8.75. The number of ether oxygens (including phenoxy) is 2. The quantitative estimate of drug-likeness (QED) is 0.258. The minimum Gasteiger partial charge on any atom is -0.495 e. The number of amides is 3. The van der Waals surface area contributed by atoms with Crippen molar-refractivity contribution in [2.45, 2.75) is 6.54 Å². The standard InChI is InChI=1S/C25H24N4O5/c1-33-22-10-6-5-9-21(22)28-23(30)17-34-20-13-11-19(12-14-20)16-27-29-25(32)24(31)26-15-18-7-3-2-4-8-18/h2-14,16H,15,17H2,1H3,(H,26,31)(H,28,30)(H,29,32)/b27-16+. The molecule has 3 aromatic rings. The monoisotopic (exact) mass is 460 g/mol. The second-order valence-corrected chi connectivity index (χ2v) is 6.97. The van der Waals surface area contributed by atoms with E-state index < -0.39 is 11.8 Å². The van der Waals surface area contributed by atoms with Crippen LogP contribution in [0.2, 0.25) is 0 Å². The molecule has 0 bridgehead atoms. The highest BCUT2D eigenvalue weighted by Crippen LogP contribution is 2.22. The van der Waals surface area contributed by atoms with Gasteiger partial charge in [-0.25, -0.2) is 5.43 Å². The van der Waals surface area contributed by atoms with Crippen molar-refractivity contribution in [2.24, 2.45) is 5.10 Å². The third-order valence-corrected chi connectivity index (χ3v) is 4.51. The molecule has 0 unspecified atom stereocenters. The van der Waals surface area contributed by atoms with Crippen LogP contribution < -0.4 is 25.5 Å². The zero-order valence-corrected chi connectivity index (χ0v) is 18.5. The minimum absolute atomic E-state index is 0.181. The van der Waals surface area contributed by atoms with Crippen LogP contribution >= 0.6 is 0 Å². The number of anilines is 1. The lowest BCUT2D eigenvalue weighted by Gasteiger charge is -2.10. The van der Waals surface area contributed by atoms with Crippen LogP contribution in [0.15, 0.2) is 84.0 Å². The lowest BCUT2D eigenvalue weighted by Crippen LogP contribution is -2.37. The first-order valence-corrected chi connectivity index (χ1v) is 10.4. The molecule has 0 saturated carbocycles. The van der Waals surface area contributed by atoms with E-state index in [0.29, 0.717) is 22.7 Å². The van der Waals surface area contributed by atoms with Crippen molar-refractivity contribution < 1.29 is 23.9 Å². The second-order valence-electron chi connectivity index (χ2n) is 6.97. The highest BCUT2D eigenvalue weighted by atomic mass is 16.5. The van der Waals surface area contributed by atoms with Crippen molar-refractivity contribution in [3.05, 3.63) is 90.0 Å². The molecule has 9 nitrogen and oxygen atoms in total. The lowest BCUT2D eigenvalue weighted by molar-refractivity contribution is -0.139. The molecule has 0 fully saturated rings. The highest BCUT2D eigenvalue weighted by molar-refractivity contribution is 6.35. The SMILES string of the molecule is COc1ccccc1NC(=O)COc1ccc(/C=N/NC(=O)C(=O)NCc2ccccc2)cc1. The third kappa shape index (κ3) is 7.49. The van der Waals surface area contributed by atoms with E-state index in [0.717, 1.165) is 5.56 Å². The summed E-state index contributed by atoms with van der Waals surface area (Å²) in [6.45, 7) is 0.0643. The van der Waals surface area contributed by atoms with Crippen molar-refractivity contribution in [3.63, 3.8) is 0 Å². The van der Waals surface area contributed by atoms with E-state index in [4.69, 9.17) is 9.47 Å². The fourth-order valence-corrected chi connectivity index (χ4v) is 2.81. The summed E-state index contributed by atoms with van der Waals surface area (Å²) in [6.07, 6.45) is 1.39. The van der Waals surface area contributed by atoms with Crippen molar-refractivity contribution in [1.82, 2.24) is 10.7 Å². The van der Waals surface area contributed by atoms with Gasteiger partial charge in [0.25, 0.3) is 5.91 Å². The average molecular weight is 460 g/mol. The molecule has 3 N–H and O–H groups in total. The molecule has 0 radical (unpaired) electrons. The van der Waals surface area contributed by atoms with E-state index in [-0.39, 0.29) is 19.1 Å². The minimum atomic E-state index is -0.867. The van der Waals surface area contributed by atoms with Crippen LogP contribution in [0.1, 0.15) is 11.1 Å². The van der Waals surface area contributed by atoms with Gasteiger partial charge in [-0.2, -0.15) is 5.10 Å². The van der Waals surface area contributed by atoms with Gasteiger partial charge in [-0.15, -0.1) is 0 Å². The number of rotatable bonds is 9. The lowest BCUT2D eigenvalue weighted by atomic mass is 10.2. The number of methoxy groups -OCH3 is 1. The van der Waals surface area contributed by atoms with Gasteiger partial charge < -0.3 is 20.1 Å². The van der Waals surface area contributed by atoms with Gasteiger partial charge in [0.05, 0.1) is 19.0 Å². The summed E-state index contributed by atoms with van der Waals surface area (Å²) in [7, 11) is 1.53. The molecule has 9 heteroatoms. The molecule has 0 aliphatic carbocycles. The number of carbonyl (C=O) groups is 3. The van der Waals surface area contributed by atoms with E-state index in [2.05, 4.69) is 21.2 Å². The summed E-state index contributed by atoms with van der Waals surface area (Å²) in [6, 6.07) is 23.0. The van der Waals surface area contributed by atoms with Gasteiger partial charge >= 0.3 is 11.8 Å². The molecule has 3 rings (SSSR count). The zero-order valence-electron chi connectivity index (χ0n) is 18.5. The number of nitrogens with zero attached hydrogens (tertiary/aromatic N) is 1. The van der Waals surface area contributed by atoms with Crippen molar-refractivity contribution in [1.29, 1.82) is 0 Å². The van der Waals surface area contributed by atoms with Crippen LogP contribution in [0, 0.1) is 0 Å². The first-order valence-electron chi connectivity index (χ1n) is 10.4. The van der Waals surface area contributed by atoms with Gasteiger partial charge in [0.15, 0.2) is 6.61 Å². The number of nitrogens with one attached hydrogen (secondary N) is 3. The summed E-state index contributed by atoms with van der Waals surface area (Å²) in [5, 5.41) is 9.03. The van der Waals surface area contributed by atoms with E-state index >= 15 is 0 Å². The van der Waals surface area contributed by atoms with E-state index in [1.807, 2.05) is 36.4 Å². The molecular formula is C25H24N4O5. The molecule has 34 heavy (non-hydrogen) atoms. The van der Waals surface area contributed by atoms with Gasteiger partial charge in [-0.1, -0.05) is 42.5 Å². The summed E-state index contributed by atoms with van der Waals surface area (Å²) in [5.41, 5.74) is 4.28. The second kappa shape index (κ2) is 12.4. The molecule has 0 atom stereocenters. The number of hydrogen-bond acceptors (Lipinski definition) is 6. The Morgan fingerprint density at radius 2 is 1.59 bits per heavy atom. The van der Waals surface area contributed by atoms with Crippen LogP contribution in [0.4, 0.5) is 5.69 Å². The molecule has 0 saturated heterocycles. The Bertz CT molecular complexity index is 1150. The average Bonchev–Trinajstić information content (AvgIpc) is 2.87. The van der Waals surface area contributed by atoms with Gasteiger partial charge in [-0.05, 0) is 47.5 Å². The Morgan fingerprint density at radius 3 is 2.32 bits per heavy atom. The summed E-state index contributed by atoms with van der Waals surface area (Å²) in [5.74, 6) is -0.940. The summed E-state index contributed by atoms with van der Waals surface area (Å²) in [4.78, 5) is 35.8. The maximum atomic E-state index is 12.1. The van der Waals surface area contributed by atoms with Crippen molar-refractivity contribution in [2.75, 3.05) is 19.0 Å². The number of hydrazone groups is 1. The van der Waals surface area contributed by atoms with Crippen LogP contribution in [0.5, 0.6) is 11.5 Å². The molecule has 0 aliphatic rings. The van der Waals surface area contributed by atoms with E-state index in [9.17, 15) is 14.4 Å². The molecular weight excluding hydrogens is 436 g/mol. The first-order chi connectivity index (χ1) is 16.5. The van der Waals surface area contributed by atoms with E-state index in [1.165, 1.54) is 13.3 Å². The maximum Gasteiger partial charge on any atom is 0.329 e. The fraction of sp³-hybridized carbons (Fsp3) is 0.120. The third-order valence-electron chi connectivity index (χ3n) is 4.51. The largest absolute Gasteiger partial charge is 0.495 e. The van der Waals surface area contributed by atoms with Crippen LogP contribution in [0.3, 0.4) is 0 Å². The topological polar surface area (TPSA) is 118 Å². The molecule has 174 valence electrons. The first kappa shape index (κ1) is 24.0. The Hall–Kier alpha value is -4.66. The Labute approximate surface area is 196 Å². The van der Waals surface area contributed by atoms with Crippen molar-refractivity contribution >= 4 is 29.6 Å². The molecule has 3 amide bonds. The number of hydrogen-bond donors (Lipinski definition) is 3. The van der Waals surface area contributed by atoms with Gasteiger partial charge in [0.1, 0.15) is 11.5 Å². The van der Waals surface area contributed by atoms with Crippen LogP contribution in [-0.2, 0) is 20.9 Å². The predicted molar refractivity (Wildman–Crippen MR) is 128 cm³/mol. The smallest absolute Gasteiger partial charge is 0.329 e. The van der Waals surface area contributed by atoms with Gasteiger partial charge in [0, 0.05) is 6.54 Å². The number of benzene rings is 3. The summed E-state index contributed by atoms with van der Waals surface area (Å²) < 4.78 is 10.7. The van der Waals surface area contributed by atoms with Crippen LogP contribution in [-0.4, -0.2) is 37.7 Å². The molecule has 0 heterocycles. The van der Waals surface area contributed by atoms with Crippen LogP contribution in [0.25, 0.3) is 0 Å². The van der Waals surface area contributed by atoms with Crippen molar-refractivity contribution in [3.8, 4) is 11.5 Å². The maximum absolute atomic E-state index is 12.1. The predicted octanol–water partition coefficient (Wildman–Crippen LogP) is 2.48. The fourth-order valence-electron chi connectivity index (χ4n) is 2.81. The molecule has 3 aromatic carbocycles. The number of para-hydroxylation sites is 2. The van der Waals surface area contributed by atoms with E-state index in [1.54, 1.807) is 42.5 Å². The number of carbonyl (C=O) groups excluding carboxylic acids is 3. The Balaban J connectivity index is 1.41. The zero-order chi connectivity index (χ0) is 24.2. The van der Waals surface area contributed by atoms with Gasteiger partial charge in [0.2, 0.25) is 0 Å². The molecule has 0 aliphatic heterocycles. The molecule has 0 aromatic heterocycles. The summed E-state index contributed by atoms with van der Waals surface area (Å²) >= 11 is 0.